The van der Waals surface area contributed by atoms with Gasteiger partial charge in [0.05, 0.1) is 11.5 Å². The lowest BCUT2D eigenvalue weighted by Gasteiger charge is -2.57. The first-order chi connectivity index (χ1) is 14.0. The number of hydrogen-bond acceptors (Lipinski definition) is 6. The number of ketones is 3. The van der Waals surface area contributed by atoms with E-state index in [1.807, 2.05) is 6.92 Å². The number of carbonyl (C=O) groups is 4. The van der Waals surface area contributed by atoms with E-state index in [-0.39, 0.29) is 58.4 Å². The van der Waals surface area contributed by atoms with Gasteiger partial charge in [-0.3, -0.25) is 19.2 Å². The van der Waals surface area contributed by atoms with Crippen molar-refractivity contribution in [2.45, 2.75) is 64.4 Å². The molecule has 0 saturated heterocycles. The van der Waals surface area contributed by atoms with Crippen LogP contribution < -0.4 is 0 Å². The van der Waals surface area contributed by atoms with Gasteiger partial charge in [-0.1, -0.05) is 19.4 Å². The third kappa shape index (κ3) is 3.03. The van der Waals surface area contributed by atoms with Crippen molar-refractivity contribution in [1.29, 1.82) is 0 Å². The Labute approximate surface area is 180 Å². The molecule has 0 radical (unpaired) electrons. The second-order valence-electron chi connectivity index (χ2n) is 10.1. The topological polar surface area (TPSA) is 109 Å². The summed E-state index contributed by atoms with van der Waals surface area (Å²) in [6, 6.07) is 0. The molecule has 6 atom stereocenters. The average molecular weight is 435 g/mol. The van der Waals surface area contributed by atoms with Gasteiger partial charge in [-0.15, -0.1) is 11.8 Å². The Bertz CT molecular complexity index is 849. The molecule has 3 fully saturated rings. The molecule has 0 aromatic carbocycles. The Balaban J connectivity index is 1.62. The maximum atomic E-state index is 13.5. The zero-order valence-corrected chi connectivity index (χ0v) is 18.4. The number of carboxylic acid groups (broad SMARTS) is 1. The van der Waals surface area contributed by atoms with Gasteiger partial charge in [0.1, 0.15) is 11.4 Å². The van der Waals surface area contributed by atoms with Crippen molar-refractivity contribution in [2.75, 3.05) is 11.5 Å². The van der Waals surface area contributed by atoms with Crippen LogP contribution in [-0.4, -0.2) is 50.6 Å². The van der Waals surface area contributed by atoms with Crippen LogP contribution in [0.1, 0.15) is 58.8 Å². The van der Waals surface area contributed by atoms with Crippen molar-refractivity contribution < 1.29 is 29.4 Å². The third-order valence-electron chi connectivity index (χ3n) is 8.73. The Morgan fingerprint density at radius 1 is 1.13 bits per heavy atom. The van der Waals surface area contributed by atoms with E-state index >= 15 is 0 Å². The largest absolute Gasteiger partial charge is 0.481 e. The van der Waals surface area contributed by atoms with Gasteiger partial charge in [0.2, 0.25) is 0 Å². The summed E-state index contributed by atoms with van der Waals surface area (Å²) in [6.07, 6.45) is 5.73. The number of fused-ring (bicyclic) bond motifs is 5. The molecule has 2 N–H and O–H groups in total. The predicted octanol–water partition coefficient (Wildman–Crippen LogP) is 2.82. The summed E-state index contributed by atoms with van der Waals surface area (Å²) >= 11 is 0.998. The molecule has 0 spiro atoms. The van der Waals surface area contributed by atoms with E-state index in [4.69, 9.17) is 5.11 Å². The standard InChI is InChI=1S/C23H30O6S/c1-21-7-5-14(24)9-13(21)3-4-15-16-6-8-23(29,18(26)11-30-12-19(27)28)22(16,2)10-17(25)20(15)21/h9,15-16,20,29H,3-8,10-12H2,1-2H3,(H,27,28)/t15-,16-,20+,21-,22-,23-/m0/s1. The van der Waals surface area contributed by atoms with E-state index in [1.165, 1.54) is 0 Å². The van der Waals surface area contributed by atoms with Gasteiger partial charge < -0.3 is 10.2 Å². The van der Waals surface area contributed by atoms with Crippen molar-refractivity contribution in [3.8, 4) is 0 Å². The average Bonchev–Trinajstić information content (AvgIpc) is 2.93. The van der Waals surface area contributed by atoms with Crippen LogP contribution in [0.2, 0.25) is 0 Å². The van der Waals surface area contributed by atoms with Gasteiger partial charge in [0.15, 0.2) is 11.6 Å². The molecule has 3 saturated carbocycles. The van der Waals surface area contributed by atoms with Crippen molar-refractivity contribution >= 4 is 35.1 Å². The molecule has 164 valence electrons. The van der Waals surface area contributed by atoms with Crippen LogP contribution >= 0.6 is 11.8 Å². The normalized spacial score (nSPS) is 42.8. The van der Waals surface area contributed by atoms with Crippen molar-refractivity contribution in [3.05, 3.63) is 11.6 Å². The Kier molecular flexibility index (Phi) is 5.29. The number of aliphatic hydroxyl groups is 1. The van der Waals surface area contributed by atoms with Crippen LogP contribution in [0.5, 0.6) is 0 Å². The van der Waals surface area contributed by atoms with Gasteiger partial charge in [0.25, 0.3) is 0 Å². The van der Waals surface area contributed by atoms with Crippen LogP contribution in [0.15, 0.2) is 11.6 Å². The van der Waals surface area contributed by atoms with E-state index in [9.17, 15) is 24.3 Å². The molecule has 4 rings (SSSR count). The molecular weight excluding hydrogens is 404 g/mol. The van der Waals surface area contributed by atoms with E-state index in [2.05, 4.69) is 6.92 Å². The van der Waals surface area contributed by atoms with Crippen molar-refractivity contribution in [3.63, 3.8) is 0 Å². The number of carbonyl (C=O) groups excluding carboxylic acids is 3. The summed E-state index contributed by atoms with van der Waals surface area (Å²) in [5, 5.41) is 20.3. The lowest BCUT2D eigenvalue weighted by atomic mass is 9.46. The van der Waals surface area contributed by atoms with Crippen molar-refractivity contribution in [2.24, 2.45) is 28.6 Å². The Morgan fingerprint density at radius 2 is 1.87 bits per heavy atom. The maximum Gasteiger partial charge on any atom is 0.313 e. The van der Waals surface area contributed by atoms with E-state index in [0.717, 1.165) is 30.2 Å². The van der Waals surface area contributed by atoms with Gasteiger partial charge in [-0.2, -0.15) is 0 Å². The summed E-state index contributed by atoms with van der Waals surface area (Å²) in [7, 11) is 0. The fraction of sp³-hybridized carbons (Fsp3) is 0.739. The lowest BCUT2D eigenvalue weighted by Crippen LogP contribution is -2.60. The zero-order chi connectivity index (χ0) is 21.9. The van der Waals surface area contributed by atoms with Gasteiger partial charge in [-0.05, 0) is 55.4 Å². The number of rotatable bonds is 5. The summed E-state index contributed by atoms with van der Waals surface area (Å²) in [6.45, 7) is 4.01. The first-order valence-electron chi connectivity index (χ1n) is 10.8. The second-order valence-corrected chi connectivity index (χ2v) is 11.1. The molecule has 30 heavy (non-hydrogen) atoms. The number of Topliss-reactive ketones (excluding diaryl/α,β-unsaturated/α-hetero) is 2. The van der Waals surface area contributed by atoms with E-state index in [1.54, 1.807) is 6.08 Å². The van der Waals surface area contributed by atoms with Crippen LogP contribution in [-0.2, 0) is 19.2 Å². The quantitative estimate of drug-likeness (QED) is 0.685. The van der Waals surface area contributed by atoms with Gasteiger partial charge in [-0.25, -0.2) is 0 Å². The highest BCUT2D eigenvalue weighted by Gasteiger charge is 2.68. The first kappa shape index (κ1) is 21.8. The molecular formula is C23H30O6S. The molecule has 0 heterocycles. The highest BCUT2D eigenvalue weighted by atomic mass is 32.2. The molecule has 6 nitrogen and oxygen atoms in total. The fourth-order valence-corrected chi connectivity index (χ4v) is 7.90. The maximum absolute atomic E-state index is 13.5. The lowest BCUT2D eigenvalue weighted by molar-refractivity contribution is -0.167. The fourth-order valence-electron chi connectivity index (χ4n) is 7.20. The first-order valence-corrected chi connectivity index (χ1v) is 12.0. The minimum absolute atomic E-state index is 0.0554. The predicted molar refractivity (Wildman–Crippen MR) is 112 cm³/mol. The zero-order valence-electron chi connectivity index (χ0n) is 17.6. The number of allylic oxidation sites excluding steroid dienone is 1. The molecule has 0 aromatic heterocycles. The van der Waals surface area contributed by atoms with Gasteiger partial charge in [0, 0.05) is 24.2 Å². The molecule has 4 aliphatic rings. The SMILES string of the molecule is C[C@]12CCC(=O)C=C1CC[C@@H]1[C@@H]2C(=O)C[C@@]2(C)[C@H]1CC[C@]2(O)C(=O)CSCC(=O)O. The molecule has 0 aromatic rings. The van der Waals surface area contributed by atoms with Crippen LogP contribution in [0.3, 0.4) is 0 Å². The minimum Gasteiger partial charge on any atom is -0.481 e. The molecule has 0 amide bonds. The summed E-state index contributed by atoms with van der Waals surface area (Å²) < 4.78 is 0. The van der Waals surface area contributed by atoms with Crippen molar-refractivity contribution in [1.82, 2.24) is 0 Å². The number of aliphatic carboxylic acids is 1. The molecule has 0 aliphatic heterocycles. The smallest absolute Gasteiger partial charge is 0.313 e. The van der Waals surface area contributed by atoms with Crippen LogP contribution in [0.4, 0.5) is 0 Å². The molecule has 0 bridgehead atoms. The van der Waals surface area contributed by atoms with Crippen LogP contribution in [0, 0.1) is 28.6 Å². The highest BCUT2D eigenvalue weighted by molar-refractivity contribution is 8.00. The number of hydrogen-bond donors (Lipinski definition) is 2. The van der Waals surface area contributed by atoms with Crippen LogP contribution in [0.25, 0.3) is 0 Å². The number of carboxylic acids is 1. The molecule has 7 heteroatoms. The second kappa shape index (κ2) is 7.30. The summed E-state index contributed by atoms with van der Waals surface area (Å²) in [5.74, 6) is -1.29. The highest BCUT2D eigenvalue weighted by Crippen LogP contribution is 2.66. The summed E-state index contributed by atoms with van der Waals surface area (Å²) in [5.41, 5.74) is -1.58. The van der Waals surface area contributed by atoms with Gasteiger partial charge >= 0.3 is 5.97 Å². The minimum atomic E-state index is -1.58. The summed E-state index contributed by atoms with van der Waals surface area (Å²) in [4.78, 5) is 49.2. The number of thioether (sulfide) groups is 1. The van der Waals surface area contributed by atoms with E-state index < -0.39 is 17.0 Å². The molecule has 4 aliphatic carbocycles. The van der Waals surface area contributed by atoms with E-state index in [0.29, 0.717) is 25.7 Å². The Hall–Kier alpha value is -1.47. The third-order valence-corrected chi connectivity index (χ3v) is 9.64. The monoisotopic (exact) mass is 434 g/mol. The Morgan fingerprint density at radius 3 is 2.57 bits per heavy atom. The molecule has 0 unspecified atom stereocenters.